The van der Waals surface area contributed by atoms with Crippen LogP contribution in [0.3, 0.4) is 0 Å². The van der Waals surface area contributed by atoms with Gasteiger partial charge in [0.2, 0.25) is 5.88 Å². The van der Waals surface area contributed by atoms with Crippen molar-refractivity contribution < 1.29 is 44.3 Å². The highest BCUT2D eigenvalue weighted by Crippen LogP contribution is 2.51. The molecule has 2 heterocycles. The van der Waals surface area contributed by atoms with E-state index < -0.39 is 46.8 Å². The summed E-state index contributed by atoms with van der Waals surface area (Å²) in [6, 6.07) is 18.6. The van der Waals surface area contributed by atoms with E-state index in [1.54, 1.807) is 36.4 Å². The molecular weight excluding hydrogens is 595 g/mol. The Labute approximate surface area is 233 Å². The van der Waals surface area contributed by atoms with E-state index in [9.17, 15) is 39.5 Å². The van der Waals surface area contributed by atoms with Crippen LogP contribution >= 0.6 is 11.3 Å². The molecule has 0 spiro atoms. The first-order chi connectivity index (χ1) is 19.7. The number of benzene rings is 4. The summed E-state index contributed by atoms with van der Waals surface area (Å²) in [5, 5.41) is 10.2. The Bertz CT molecular complexity index is 1960. The fraction of sp³-hybridized carbons (Fsp3) is 0.103. The molecule has 0 amide bonds. The van der Waals surface area contributed by atoms with Crippen LogP contribution in [0.2, 0.25) is 0 Å². The van der Waals surface area contributed by atoms with Gasteiger partial charge in [0, 0.05) is 15.5 Å². The number of nitrogens with zero attached hydrogens (tertiary/aromatic N) is 2. The third-order valence-electron chi connectivity index (χ3n) is 6.52. The average Bonchev–Trinajstić information content (AvgIpc) is 3.34. The molecule has 0 N–H and O–H groups in total. The first-order valence-corrected chi connectivity index (χ1v) is 12.8. The van der Waals surface area contributed by atoms with E-state index in [0.717, 1.165) is 10.1 Å². The Balaban J connectivity index is 1.65. The van der Waals surface area contributed by atoms with Gasteiger partial charge in [-0.1, -0.05) is 42.5 Å². The van der Waals surface area contributed by atoms with Crippen LogP contribution in [0.4, 0.5) is 39.5 Å². The predicted molar refractivity (Wildman–Crippen MR) is 139 cm³/mol. The van der Waals surface area contributed by atoms with Crippen molar-refractivity contribution >= 4 is 43.0 Å². The highest BCUT2D eigenvalue weighted by molar-refractivity contribution is 7.22. The lowest BCUT2D eigenvalue weighted by Gasteiger charge is -2.23. The van der Waals surface area contributed by atoms with Crippen LogP contribution in [0.15, 0.2) is 78.9 Å². The van der Waals surface area contributed by atoms with Gasteiger partial charge < -0.3 is 4.74 Å². The van der Waals surface area contributed by atoms with Crippen LogP contribution in [-0.4, -0.2) is 10.2 Å². The molecule has 0 fully saturated rings. The molecule has 13 heteroatoms. The third-order valence-corrected chi connectivity index (χ3v) is 7.64. The monoisotopic (exact) mass is 608 g/mol. The third kappa shape index (κ3) is 4.87. The highest BCUT2D eigenvalue weighted by atomic mass is 32.1. The van der Waals surface area contributed by atoms with Crippen LogP contribution < -0.4 is 4.74 Å². The molecule has 2 aromatic heterocycles. The molecule has 3 nitrogen and oxygen atoms in total. The molecular formula is C29H13F9N2OS. The minimum Gasteiger partial charge on any atom is -0.436 e. The Morgan fingerprint density at radius 3 is 1.74 bits per heavy atom. The second-order valence-corrected chi connectivity index (χ2v) is 10.3. The van der Waals surface area contributed by atoms with Gasteiger partial charge in [-0.25, -0.2) is 0 Å². The average molecular weight is 608 g/mol. The van der Waals surface area contributed by atoms with Gasteiger partial charge in [0.25, 0.3) is 0 Å². The number of hydrogen-bond acceptors (Lipinski definition) is 4. The normalized spacial score (nSPS) is 12.9. The summed E-state index contributed by atoms with van der Waals surface area (Å²) in [6.45, 7) is 0. The molecule has 214 valence electrons. The van der Waals surface area contributed by atoms with Gasteiger partial charge >= 0.3 is 18.5 Å². The lowest BCUT2D eigenvalue weighted by atomic mass is 10.00. The quantitative estimate of drug-likeness (QED) is 0.148. The Morgan fingerprint density at radius 2 is 1.14 bits per heavy atom. The minimum atomic E-state index is -5.87. The maximum atomic E-state index is 14.0. The molecule has 0 aliphatic carbocycles. The highest BCUT2D eigenvalue weighted by Gasteiger charge is 2.49. The second-order valence-electron chi connectivity index (χ2n) is 9.21. The summed E-state index contributed by atoms with van der Waals surface area (Å²) in [7, 11) is 0. The van der Waals surface area contributed by atoms with Crippen molar-refractivity contribution in [3.05, 3.63) is 95.6 Å². The van der Waals surface area contributed by atoms with Gasteiger partial charge in [-0.05, 0) is 52.6 Å². The van der Waals surface area contributed by atoms with E-state index in [2.05, 4.69) is 10.2 Å². The van der Waals surface area contributed by atoms with Gasteiger partial charge in [-0.2, -0.15) is 39.5 Å². The molecule has 0 saturated heterocycles. The van der Waals surface area contributed by atoms with Crippen LogP contribution in [0.1, 0.15) is 16.7 Å². The largest absolute Gasteiger partial charge is 0.436 e. The van der Waals surface area contributed by atoms with Gasteiger partial charge in [-0.15, -0.1) is 21.5 Å². The molecule has 0 atom stereocenters. The summed E-state index contributed by atoms with van der Waals surface area (Å²) in [5.74, 6) is -2.89. The number of aromatic nitrogens is 2. The summed E-state index contributed by atoms with van der Waals surface area (Å²) in [4.78, 5) is 0.599. The maximum absolute atomic E-state index is 14.0. The molecule has 4 aromatic carbocycles. The van der Waals surface area contributed by atoms with E-state index in [4.69, 9.17) is 4.74 Å². The molecule has 42 heavy (non-hydrogen) atoms. The van der Waals surface area contributed by atoms with Crippen molar-refractivity contribution in [3.63, 3.8) is 0 Å². The zero-order chi connectivity index (χ0) is 30.0. The van der Waals surface area contributed by atoms with E-state index in [0.29, 0.717) is 15.6 Å². The molecule has 6 aromatic rings. The van der Waals surface area contributed by atoms with Crippen molar-refractivity contribution in [1.82, 2.24) is 10.2 Å². The fourth-order valence-electron chi connectivity index (χ4n) is 4.70. The van der Waals surface area contributed by atoms with Crippen LogP contribution in [0.5, 0.6) is 11.6 Å². The lowest BCUT2D eigenvalue weighted by molar-refractivity contribution is -0.164. The van der Waals surface area contributed by atoms with Crippen molar-refractivity contribution in [2.24, 2.45) is 0 Å². The first-order valence-electron chi connectivity index (χ1n) is 12.0. The van der Waals surface area contributed by atoms with Gasteiger partial charge in [0.05, 0.1) is 16.0 Å². The smallest absolute Gasteiger partial charge is 0.420 e. The molecule has 0 bridgehead atoms. The van der Waals surface area contributed by atoms with Gasteiger partial charge in [-0.3, -0.25) is 0 Å². The summed E-state index contributed by atoms with van der Waals surface area (Å²) in [6.07, 6.45) is -17.0. The molecule has 0 aliphatic heterocycles. The summed E-state index contributed by atoms with van der Waals surface area (Å²) >= 11 is 1.33. The van der Waals surface area contributed by atoms with E-state index in [-0.39, 0.29) is 28.6 Å². The number of thiophene rings is 1. The zero-order valence-corrected chi connectivity index (χ0v) is 21.4. The predicted octanol–water partition coefficient (Wildman–Crippen LogP) is 10.5. The fourth-order valence-corrected chi connectivity index (χ4v) is 5.76. The van der Waals surface area contributed by atoms with Crippen molar-refractivity contribution in [1.29, 1.82) is 0 Å². The first kappa shape index (κ1) is 27.8. The summed E-state index contributed by atoms with van der Waals surface area (Å²) < 4.78 is 131. The number of hydrogen-bond donors (Lipinski definition) is 0. The Morgan fingerprint density at radius 1 is 0.571 bits per heavy atom. The number of fused-ring (bicyclic) bond motifs is 3. The van der Waals surface area contributed by atoms with Crippen LogP contribution in [0, 0.1) is 0 Å². The molecule has 6 rings (SSSR count). The maximum Gasteiger partial charge on any atom is 0.420 e. The molecule has 0 radical (unpaired) electrons. The zero-order valence-electron chi connectivity index (χ0n) is 20.6. The van der Waals surface area contributed by atoms with Crippen molar-refractivity contribution in [2.45, 2.75) is 18.5 Å². The number of alkyl halides is 9. The molecule has 0 saturated carbocycles. The molecule has 0 unspecified atom stereocenters. The van der Waals surface area contributed by atoms with Gasteiger partial charge in [0.15, 0.2) is 5.75 Å². The number of halogens is 9. The number of ether oxygens (including phenoxy) is 1. The minimum absolute atomic E-state index is 0.0465. The Kier molecular flexibility index (Phi) is 6.33. The van der Waals surface area contributed by atoms with Crippen LogP contribution in [0.25, 0.3) is 42.2 Å². The SMILES string of the molecule is FC(F)(F)c1ccc(C(F)(F)F)c(C(F)(F)F)c1Oc1nnc(-c2cc3ccccc3s2)c2cc3ccccc3cc12. The van der Waals surface area contributed by atoms with E-state index >= 15 is 0 Å². The topological polar surface area (TPSA) is 35.0 Å². The van der Waals surface area contributed by atoms with Gasteiger partial charge in [0.1, 0.15) is 11.3 Å². The molecule has 0 aliphatic rings. The second kappa shape index (κ2) is 9.58. The standard InChI is InChI=1S/C29H13F9N2OS/c30-27(31,32)19-9-10-20(28(33,34)35)25(23(19)29(36,37)38)41-26-18-12-15-6-2-1-5-14(15)11-17(18)24(39-40-26)22-13-16-7-3-4-8-21(16)42-22/h1-13H. The summed E-state index contributed by atoms with van der Waals surface area (Å²) in [5.41, 5.74) is -6.73. The van der Waals surface area contributed by atoms with Crippen molar-refractivity contribution in [2.75, 3.05) is 0 Å². The van der Waals surface area contributed by atoms with Crippen LogP contribution in [-0.2, 0) is 18.5 Å². The number of rotatable bonds is 3. The Hall–Kier alpha value is -4.39. The van der Waals surface area contributed by atoms with Crippen molar-refractivity contribution in [3.8, 4) is 22.2 Å². The van der Waals surface area contributed by atoms with E-state index in [1.165, 1.54) is 17.4 Å². The van der Waals surface area contributed by atoms with E-state index in [1.807, 2.05) is 24.3 Å². The lowest BCUT2D eigenvalue weighted by Crippen LogP contribution is -2.21.